The van der Waals surface area contributed by atoms with E-state index in [9.17, 15) is 0 Å². The Bertz CT molecular complexity index is 582. The third kappa shape index (κ3) is 4.79. The molecule has 1 saturated heterocycles. The molecule has 1 atom stereocenters. The third-order valence-electron chi connectivity index (χ3n) is 4.63. The van der Waals surface area contributed by atoms with Crippen molar-refractivity contribution in [1.29, 1.82) is 0 Å². The Labute approximate surface area is 144 Å². The zero-order valence-electron chi connectivity index (χ0n) is 14.4. The fraction of sp³-hybridized carbons (Fsp3) is 0.450. The molecule has 0 bridgehead atoms. The fourth-order valence-electron chi connectivity index (χ4n) is 3.42. The molecule has 1 aromatic carbocycles. The minimum Gasteiger partial charge on any atom is -0.383 e. The Kier molecular flexibility index (Phi) is 6.21. The molecule has 2 aromatic rings. The van der Waals surface area contributed by atoms with Crippen molar-refractivity contribution in [2.75, 3.05) is 31.7 Å². The van der Waals surface area contributed by atoms with Crippen LogP contribution in [0.3, 0.4) is 0 Å². The highest BCUT2D eigenvalue weighted by atomic mass is 16.5. The first-order chi connectivity index (χ1) is 11.8. The molecule has 0 radical (unpaired) electrons. The first kappa shape index (κ1) is 16.9. The van der Waals surface area contributed by atoms with Gasteiger partial charge in [0.25, 0.3) is 0 Å². The molecular weight excluding hydrogens is 298 g/mol. The lowest BCUT2D eigenvalue weighted by Crippen LogP contribution is -2.48. The molecule has 1 aromatic heterocycles. The van der Waals surface area contributed by atoms with Crippen LogP contribution in [0.4, 0.5) is 5.82 Å². The molecule has 0 aliphatic carbocycles. The number of anilines is 1. The van der Waals surface area contributed by atoms with E-state index in [0.29, 0.717) is 12.1 Å². The second kappa shape index (κ2) is 8.81. The molecule has 24 heavy (non-hydrogen) atoms. The van der Waals surface area contributed by atoms with E-state index in [1.165, 1.54) is 5.56 Å². The zero-order valence-corrected chi connectivity index (χ0v) is 14.4. The largest absolute Gasteiger partial charge is 0.383 e. The summed E-state index contributed by atoms with van der Waals surface area (Å²) in [5.41, 5.74) is 1.36. The van der Waals surface area contributed by atoms with Crippen LogP contribution < -0.4 is 10.2 Å². The van der Waals surface area contributed by atoms with E-state index in [1.54, 1.807) is 7.11 Å². The average Bonchev–Trinajstić information content (AvgIpc) is 2.64. The van der Waals surface area contributed by atoms with Gasteiger partial charge in [-0.25, -0.2) is 4.98 Å². The summed E-state index contributed by atoms with van der Waals surface area (Å²) >= 11 is 0. The number of piperidine rings is 1. The number of pyridine rings is 1. The van der Waals surface area contributed by atoms with Gasteiger partial charge in [-0.05, 0) is 37.0 Å². The summed E-state index contributed by atoms with van der Waals surface area (Å²) in [5, 5.41) is 3.81. The fourth-order valence-corrected chi connectivity index (χ4v) is 3.42. The molecule has 4 nitrogen and oxygen atoms in total. The van der Waals surface area contributed by atoms with Gasteiger partial charge in [0, 0.05) is 38.5 Å². The lowest BCUT2D eigenvalue weighted by atomic mass is 10.0. The number of hydrogen-bond acceptors (Lipinski definition) is 4. The number of benzene rings is 1. The summed E-state index contributed by atoms with van der Waals surface area (Å²) in [7, 11) is 1.78. The van der Waals surface area contributed by atoms with Gasteiger partial charge in [0.2, 0.25) is 0 Å². The van der Waals surface area contributed by atoms with Gasteiger partial charge in [0.1, 0.15) is 5.82 Å². The monoisotopic (exact) mass is 325 g/mol. The van der Waals surface area contributed by atoms with E-state index in [2.05, 4.69) is 57.7 Å². The van der Waals surface area contributed by atoms with Crippen molar-refractivity contribution in [2.45, 2.75) is 31.3 Å². The van der Waals surface area contributed by atoms with Crippen molar-refractivity contribution in [3.05, 3.63) is 60.3 Å². The van der Waals surface area contributed by atoms with Crippen LogP contribution in [0.15, 0.2) is 54.7 Å². The Morgan fingerprint density at radius 2 is 1.88 bits per heavy atom. The van der Waals surface area contributed by atoms with Gasteiger partial charge in [-0.2, -0.15) is 0 Å². The summed E-state index contributed by atoms with van der Waals surface area (Å²) in [6.07, 6.45) is 5.17. The number of ether oxygens (including phenoxy) is 1. The van der Waals surface area contributed by atoms with Crippen LogP contribution in [0.5, 0.6) is 0 Å². The molecule has 2 heterocycles. The average molecular weight is 325 g/mol. The zero-order chi connectivity index (χ0) is 16.6. The van der Waals surface area contributed by atoms with Gasteiger partial charge >= 0.3 is 0 Å². The highest BCUT2D eigenvalue weighted by Crippen LogP contribution is 2.18. The Hall–Kier alpha value is -1.91. The minimum atomic E-state index is 0.365. The Morgan fingerprint density at radius 3 is 2.54 bits per heavy atom. The summed E-state index contributed by atoms with van der Waals surface area (Å²) in [4.78, 5) is 6.83. The summed E-state index contributed by atoms with van der Waals surface area (Å²) < 4.78 is 5.43. The molecular formula is C20H27N3O. The first-order valence-corrected chi connectivity index (χ1v) is 8.80. The standard InChI is InChI=1S/C20H27N3O/c1-24-16-19(15-17-7-3-2-4-8-17)22-18-10-13-23(14-11-18)20-9-5-6-12-21-20/h2-9,12,18-19,22H,10-11,13-16H2,1H3/t19-/m1/s1. The predicted octanol–water partition coefficient (Wildman–Crippen LogP) is 2.90. The molecule has 0 amide bonds. The number of rotatable bonds is 7. The SMILES string of the molecule is COC[C@@H](Cc1ccccc1)NC1CCN(c2ccccn2)CC1. The van der Waals surface area contributed by atoms with Crippen LogP contribution >= 0.6 is 0 Å². The van der Waals surface area contributed by atoms with E-state index >= 15 is 0 Å². The van der Waals surface area contributed by atoms with E-state index in [4.69, 9.17) is 4.74 Å². The minimum absolute atomic E-state index is 0.365. The van der Waals surface area contributed by atoms with E-state index in [1.807, 2.05) is 12.3 Å². The van der Waals surface area contributed by atoms with Crippen LogP contribution in [0.25, 0.3) is 0 Å². The number of methoxy groups -OCH3 is 1. The normalized spacial score (nSPS) is 17.0. The van der Waals surface area contributed by atoms with Crippen molar-refractivity contribution < 1.29 is 4.74 Å². The van der Waals surface area contributed by atoms with Crippen molar-refractivity contribution in [3.63, 3.8) is 0 Å². The molecule has 1 aliphatic heterocycles. The maximum atomic E-state index is 5.43. The molecule has 128 valence electrons. The number of hydrogen-bond donors (Lipinski definition) is 1. The van der Waals surface area contributed by atoms with Gasteiger partial charge in [0.15, 0.2) is 0 Å². The van der Waals surface area contributed by atoms with Gasteiger partial charge in [-0.3, -0.25) is 0 Å². The molecule has 1 fully saturated rings. The summed E-state index contributed by atoms with van der Waals surface area (Å²) in [6.45, 7) is 2.86. The summed E-state index contributed by atoms with van der Waals surface area (Å²) in [6, 6.07) is 17.7. The molecule has 4 heteroatoms. The first-order valence-electron chi connectivity index (χ1n) is 8.80. The molecule has 0 saturated carbocycles. The molecule has 1 aliphatic rings. The van der Waals surface area contributed by atoms with Crippen molar-refractivity contribution in [1.82, 2.24) is 10.3 Å². The molecule has 0 spiro atoms. The van der Waals surface area contributed by atoms with Crippen molar-refractivity contribution in [2.24, 2.45) is 0 Å². The number of nitrogens with one attached hydrogen (secondary N) is 1. The van der Waals surface area contributed by atoms with Crippen LogP contribution in [0, 0.1) is 0 Å². The van der Waals surface area contributed by atoms with Crippen LogP contribution in [0.2, 0.25) is 0 Å². The van der Waals surface area contributed by atoms with E-state index < -0.39 is 0 Å². The maximum absolute atomic E-state index is 5.43. The maximum Gasteiger partial charge on any atom is 0.128 e. The highest BCUT2D eigenvalue weighted by molar-refractivity contribution is 5.38. The topological polar surface area (TPSA) is 37.4 Å². The number of nitrogens with zero attached hydrogens (tertiary/aromatic N) is 2. The van der Waals surface area contributed by atoms with Crippen LogP contribution in [-0.2, 0) is 11.2 Å². The Morgan fingerprint density at radius 1 is 1.12 bits per heavy atom. The van der Waals surface area contributed by atoms with Crippen LogP contribution in [-0.4, -0.2) is 43.9 Å². The van der Waals surface area contributed by atoms with Gasteiger partial charge in [-0.15, -0.1) is 0 Å². The van der Waals surface area contributed by atoms with Crippen LogP contribution in [0.1, 0.15) is 18.4 Å². The molecule has 1 N–H and O–H groups in total. The predicted molar refractivity (Wildman–Crippen MR) is 98.4 cm³/mol. The third-order valence-corrected chi connectivity index (χ3v) is 4.63. The quantitative estimate of drug-likeness (QED) is 0.849. The van der Waals surface area contributed by atoms with Gasteiger partial charge in [-0.1, -0.05) is 36.4 Å². The second-order valence-electron chi connectivity index (χ2n) is 6.46. The van der Waals surface area contributed by atoms with Crippen molar-refractivity contribution in [3.8, 4) is 0 Å². The van der Waals surface area contributed by atoms with Crippen molar-refractivity contribution >= 4 is 5.82 Å². The second-order valence-corrected chi connectivity index (χ2v) is 6.46. The molecule has 0 unspecified atom stereocenters. The Balaban J connectivity index is 1.51. The lowest BCUT2D eigenvalue weighted by Gasteiger charge is -2.35. The van der Waals surface area contributed by atoms with Gasteiger partial charge in [0.05, 0.1) is 6.61 Å². The van der Waals surface area contributed by atoms with E-state index in [-0.39, 0.29) is 0 Å². The lowest BCUT2D eigenvalue weighted by molar-refractivity contribution is 0.157. The van der Waals surface area contributed by atoms with Gasteiger partial charge < -0.3 is 15.0 Å². The number of aromatic nitrogens is 1. The molecule has 3 rings (SSSR count). The van der Waals surface area contributed by atoms with E-state index in [0.717, 1.165) is 44.8 Å². The summed E-state index contributed by atoms with van der Waals surface area (Å²) in [5.74, 6) is 1.09. The highest BCUT2D eigenvalue weighted by Gasteiger charge is 2.22. The smallest absolute Gasteiger partial charge is 0.128 e.